The molecule has 0 bridgehead atoms. The molecule has 13 N–H and O–H groups in total. The molecule has 4 aliphatic heterocycles. The van der Waals surface area contributed by atoms with Gasteiger partial charge in [-0.05, 0) is 110 Å². The Hall–Kier alpha value is -2.08. The smallest absolute Gasteiger partial charge is 0.335 e. The van der Waals surface area contributed by atoms with Crippen LogP contribution in [0.5, 0.6) is 0 Å². The molecule has 76 heavy (non-hydrogen) atoms. The number of ether oxygens (including phenoxy) is 8. The van der Waals surface area contributed by atoms with Crippen LogP contribution in [-0.4, -0.2) is 220 Å². The van der Waals surface area contributed by atoms with E-state index in [0.29, 0.717) is 38.5 Å². The van der Waals surface area contributed by atoms with Gasteiger partial charge in [-0.25, -0.2) is 4.79 Å². The summed E-state index contributed by atoms with van der Waals surface area (Å²) < 4.78 is 47.1. The van der Waals surface area contributed by atoms with Crippen LogP contribution in [0, 0.1) is 50.2 Å². The van der Waals surface area contributed by atoms with Crippen molar-refractivity contribution in [3.63, 3.8) is 0 Å². The van der Waals surface area contributed by atoms with E-state index >= 15 is 0 Å². The molecule has 0 aromatic carbocycles. The van der Waals surface area contributed by atoms with Crippen LogP contribution in [0.3, 0.4) is 0 Å². The van der Waals surface area contributed by atoms with Crippen molar-refractivity contribution in [2.45, 2.75) is 242 Å². The number of fused-ring (bicyclic) bond motifs is 7. The number of carboxylic acids is 1. The Morgan fingerprint density at radius 1 is 0.645 bits per heavy atom. The molecule has 23 heteroatoms. The van der Waals surface area contributed by atoms with Crippen LogP contribution in [0.2, 0.25) is 0 Å². The predicted octanol–water partition coefficient (Wildman–Crippen LogP) is -1.31. The number of aliphatic carboxylic acids is 1. The zero-order chi connectivity index (χ0) is 55.7. The summed E-state index contributed by atoms with van der Waals surface area (Å²) in [7, 11) is 0. The summed E-state index contributed by atoms with van der Waals surface area (Å²) in [5.41, 5.74) is -2.52. The lowest BCUT2D eigenvalue weighted by atomic mass is 9.33. The molecule has 8 fully saturated rings. The first-order valence-electron chi connectivity index (χ1n) is 27.2. The zero-order valence-corrected chi connectivity index (χ0v) is 44.6. The number of rotatable bonds is 10. The highest BCUT2D eigenvalue weighted by Crippen LogP contribution is 2.76. The Morgan fingerprint density at radius 3 is 1.96 bits per heavy atom. The van der Waals surface area contributed by atoms with Gasteiger partial charge in [-0.3, -0.25) is 4.79 Å². The van der Waals surface area contributed by atoms with Crippen LogP contribution in [0.15, 0.2) is 11.6 Å². The van der Waals surface area contributed by atoms with Gasteiger partial charge in [0.05, 0.1) is 31.5 Å². The van der Waals surface area contributed by atoms with Crippen molar-refractivity contribution in [2.75, 3.05) is 13.2 Å². The van der Waals surface area contributed by atoms with Crippen molar-refractivity contribution in [3.05, 3.63) is 11.6 Å². The molecule has 0 radical (unpaired) electrons. The van der Waals surface area contributed by atoms with Gasteiger partial charge in [0, 0.05) is 0 Å². The van der Waals surface area contributed by atoms with Gasteiger partial charge in [-0.2, -0.15) is 0 Å². The summed E-state index contributed by atoms with van der Waals surface area (Å²) >= 11 is 0. The third-order valence-corrected chi connectivity index (χ3v) is 21.0. The number of carbonyl (C=O) groups excluding carboxylic acids is 1. The van der Waals surface area contributed by atoms with Crippen molar-refractivity contribution >= 4 is 11.9 Å². The maximum absolute atomic E-state index is 14.8. The van der Waals surface area contributed by atoms with Gasteiger partial charge in [-0.15, -0.1) is 0 Å². The topological polar surface area (TPSA) is 371 Å². The van der Waals surface area contributed by atoms with E-state index in [1.807, 2.05) is 0 Å². The summed E-state index contributed by atoms with van der Waals surface area (Å²) in [4.78, 5) is 27.5. The summed E-state index contributed by atoms with van der Waals surface area (Å²) in [6.45, 7) is 15.4. The third-order valence-electron chi connectivity index (χ3n) is 21.0. The van der Waals surface area contributed by atoms with Crippen LogP contribution in [0.25, 0.3) is 0 Å². The van der Waals surface area contributed by atoms with Gasteiger partial charge < -0.3 is 104 Å². The lowest BCUT2D eigenvalue weighted by Gasteiger charge is -2.71. The fraction of sp³-hybridized carbons (Fsp3) is 0.925. The molecule has 434 valence electrons. The second-order valence-corrected chi connectivity index (χ2v) is 25.9. The fourth-order valence-electron chi connectivity index (χ4n) is 16.2. The number of aliphatic hydroxyl groups excluding tert-OH is 12. The molecule has 9 rings (SSSR count). The highest BCUT2D eigenvalue weighted by Gasteiger charge is 2.72. The zero-order valence-electron chi connectivity index (χ0n) is 44.6. The van der Waals surface area contributed by atoms with Gasteiger partial charge in [-0.1, -0.05) is 60.1 Å². The lowest BCUT2D eigenvalue weighted by Crippen LogP contribution is -2.68. The van der Waals surface area contributed by atoms with Crippen molar-refractivity contribution in [3.8, 4) is 0 Å². The average Bonchev–Trinajstić information content (AvgIpc) is 3.38. The Morgan fingerprint density at radius 2 is 1.29 bits per heavy atom. The molecule has 0 spiro atoms. The monoisotopic (exact) mass is 1090 g/mol. The minimum Gasteiger partial charge on any atom is -0.479 e. The molecular weight excluding hydrogens is 1000 g/mol. The van der Waals surface area contributed by atoms with E-state index in [1.165, 1.54) is 6.92 Å². The second-order valence-electron chi connectivity index (χ2n) is 25.9. The van der Waals surface area contributed by atoms with E-state index in [4.69, 9.17) is 37.9 Å². The van der Waals surface area contributed by atoms with Gasteiger partial charge in [0.2, 0.25) is 6.29 Å². The minimum absolute atomic E-state index is 0.0000773. The number of hydrogen-bond donors (Lipinski definition) is 13. The molecule has 9 aliphatic rings. The maximum Gasteiger partial charge on any atom is 0.335 e. The van der Waals surface area contributed by atoms with Crippen molar-refractivity contribution < 1.29 is 114 Å². The molecule has 0 amide bonds. The second kappa shape index (κ2) is 20.7. The van der Waals surface area contributed by atoms with Crippen LogP contribution in [0.4, 0.5) is 0 Å². The van der Waals surface area contributed by atoms with E-state index in [-0.39, 0.29) is 29.1 Å². The first-order chi connectivity index (χ1) is 35.4. The Balaban J connectivity index is 0.946. The van der Waals surface area contributed by atoms with Gasteiger partial charge >= 0.3 is 11.9 Å². The number of esters is 1. The highest BCUT2D eigenvalue weighted by atomic mass is 16.8. The molecule has 0 aromatic heterocycles. The van der Waals surface area contributed by atoms with Crippen LogP contribution >= 0.6 is 0 Å². The molecule has 5 aliphatic carbocycles. The molecule has 23 nitrogen and oxygen atoms in total. The van der Waals surface area contributed by atoms with Crippen LogP contribution in [-0.2, 0) is 47.5 Å². The number of carboxylic acid groups (broad SMARTS) is 1. The average molecular weight is 1090 g/mol. The Bertz CT molecular complexity index is 2160. The normalized spacial score (nSPS) is 53.9. The molecule has 28 atom stereocenters. The van der Waals surface area contributed by atoms with Crippen molar-refractivity contribution in [1.29, 1.82) is 0 Å². The quantitative estimate of drug-likeness (QED) is 0.0686. The standard InChI is InChI=1S/C53H84O23/c1-21-30(57)33(60)35(62)43(70-21)75-41-31(58)24(55)20-69-46(41)73-39-37(64)40(42(66)67)74-45(38(39)65)72-29-12-13-50(6)26(49(29,4)5)11-14-51(7)27(50)10-9-22-23-17-48(2,3)15-16-53(23,28(56)18-52(22,51)8)47(68)76-44-36(63)34(61)32(59)25(19-54)71-44/h9,21,23-41,43-46,54-65H,10-20H2,1-8H3,(H,66,67). The van der Waals surface area contributed by atoms with E-state index < -0.39 is 182 Å². The third kappa shape index (κ3) is 9.23. The molecule has 4 heterocycles. The van der Waals surface area contributed by atoms with Gasteiger partial charge in [0.25, 0.3) is 0 Å². The highest BCUT2D eigenvalue weighted by molar-refractivity contribution is 5.80. The molecular formula is C53H84O23. The van der Waals surface area contributed by atoms with E-state index in [2.05, 4.69) is 54.5 Å². The van der Waals surface area contributed by atoms with Gasteiger partial charge in [0.1, 0.15) is 84.8 Å². The Kier molecular flexibility index (Phi) is 16.0. The maximum atomic E-state index is 14.8. The first kappa shape index (κ1) is 58.6. The van der Waals surface area contributed by atoms with Crippen molar-refractivity contribution in [2.24, 2.45) is 50.2 Å². The summed E-state index contributed by atoms with van der Waals surface area (Å²) in [6.07, 6.45) is -26.8. The van der Waals surface area contributed by atoms with Crippen molar-refractivity contribution in [1.82, 2.24) is 0 Å². The number of allylic oxidation sites excluding steroid dienone is 2. The Labute approximate surface area is 442 Å². The SMILES string of the molecule is CC1OC(OC2C(OC3C(O)C(OC4CCC5(C)C(CCC6(C)C5CC=C5C7CC(C)(C)CCC7(C(=O)OC7OC(CO)C(O)C(O)C7O)C(O)CC56C)C4(C)C)OC(C(=O)O)C3O)OCC(O)C2O)C(O)C(O)C1O. The summed E-state index contributed by atoms with van der Waals surface area (Å²) in [5.74, 6) is -2.75. The van der Waals surface area contributed by atoms with E-state index in [9.17, 15) is 76.0 Å². The minimum atomic E-state index is -2.03. The van der Waals surface area contributed by atoms with Crippen LogP contribution in [0.1, 0.15) is 113 Å². The fourth-order valence-corrected chi connectivity index (χ4v) is 16.2. The summed E-state index contributed by atoms with van der Waals surface area (Å²) in [5, 5.41) is 141. The van der Waals surface area contributed by atoms with E-state index in [0.717, 1.165) is 18.4 Å². The largest absolute Gasteiger partial charge is 0.479 e. The number of carbonyl (C=O) groups is 2. The molecule has 4 saturated heterocycles. The summed E-state index contributed by atoms with van der Waals surface area (Å²) in [6, 6.07) is 0. The van der Waals surface area contributed by atoms with Gasteiger partial charge in [0.15, 0.2) is 25.0 Å². The molecule has 0 aromatic rings. The molecule has 4 saturated carbocycles. The van der Waals surface area contributed by atoms with E-state index in [1.54, 1.807) is 0 Å². The van der Waals surface area contributed by atoms with Crippen LogP contribution < -0.4 is 0 Å². The number of aliphatic hydroxyl groups is 12. The first-order valence-corrected chi connectivity index (χ1v) is 27.2. The molecule has 28 unspecified atom stereocenters. The number of hydrogen-bond acceptors (Lipinski definition) is 22. The predicted molar refractivity (Wildman–Crippen MR) is 257 cm³/mol. The lowest BCUT2D eigenvalue weighted by molar-refractivity contribution is -0.379.